The molecule has 0 spiro atoms. The van der Waals surface area contributed by atoms with Crippen LogP contribution in [-0.2, 0) is 11.3 Å². The lowest BCUT2D eigenvalue weighted by molar-refractivity contribution is -0.0991. The van der Waals surface area contributed by atoms with Crippen LogP contribution in [0.2, 0.25) is 0 Å². The Morgan fingerprint density at radius 3 is 3.00 bits per heavy atom. The minimum Gasteiger partial charge on any atom is -0.380 e. The number of hydrogen-bond acceptors (Lipinski definition) is 4. The van der Waals surface area contributed by atoms with Crippen molar-refractivity contribution in [3.63, 3.8) is 0 Å². The maximum Gasteiger partial charge on any atom is 0.155 e. The molecule has 3 heterocycles. The van der Waals surface area contributed by atoms with Gasteiger partial charge in [-0.2, -0.15) is 0 Å². The molecule has 2 aromatic rings. The van der Waals surface area contributed by atoms with Crippen LogP contribution in [0.3, 0.4) is 0 Å². The Bertz CT molecular complexity index is 564. The lowest BCUT2D eigenvalue weighted by Gasteiger charge is -2.38. The molecule has 0 bridgehead atoms. The summed E-state index contributed by atoms with van der Waals surface area (Å²) in [6.45, 7) is 5.70. The van der Waals surface area contributed by atoms with Crippen molar-refractivity contribution in [2.45, 2.75) is 13.5 Å². The Balaban J connectivity index is 1.69. The summed E-state index contributed by atoms with van der Waals surface area (Å²) in [6.07, 6.45) is 5.58. The summed E-state index contributed by atoms with van der Waals surface area (Å²) >= 11 is 3.37. The first-order chi connectivity index (χ1) is 8.66. The van der Waals surface area contributed by atoms with Crippen molar-refractivity contribution >= 4 is 21.6 Å². The molecule has 2 aromatic heterocycles. The first-order valence-electron chi connectivity index (χ1n) is 5.92. The van der Waals surface area contributed by atoms with E-state index < -0.39 is 0 Å². The molecular weight excluding hydrogens is 296 g/mol. The molecule has 0 aliphatic carbocycles. The van der Waals surface area contributed by atoms with Crippen LogP contribution in [-0.4, -0.2) is 34.1 Å². The molecule has 0 atom stereocenters. The minimum atomic E-state index is 0.294. The standard InChI is InChI=1S/C12H15BrN4O/c1-12(7-18-8-12)6-14-2-9-3-16-11-4-15-10(13)5-17(9)11/h3-5,14H,2,6-8H2,1H3. The van der Waals surface area contributed by atoms with E-state index in [9.17, 15) is 0 Å². The molecule has 0 saturated carbocycles. The Morgan fingerprint density at radius 2 is 2.28 bits per heavy atom. The van der Waals surface area contributed by atoms with Crippen molar-refractivity contribution in [3.05, 3.63) is 28.9 Å². The average Bonchev–Trinajstić information content (AvgIpc) is 2.70. The highest BCUT2D eigenvalue weighted by atomic mass is 79.9. The topological polar surface area (TPSA) is 51.5 Å². The molecule has 0 radical (unpaired) electrons. The number of imidazole rings is 1. The Hall–Kier alpha value is -0.980. The molecule has 96 valence electrons. The lowest BCUT2D eigenvalue weighted by Crippen LogP contribution is -2.47. The van der Waals surface area contributed by atoms with E-state index in [1.807, 2.05) is 16.8 Å². The maximum atomic E-state index is 5.24. The molecule has 1 aliphatic rings. The predicted molar refractivity (Wildman–Crippen MR) is 71.3 cm³/mol. The van der Waals surface area contributed by atoms with Gasteiger partial charge in [0.25, 0.3) is 0 Å². The Labute approximate surface area is 114 Å². The highest BCUT2D eigenvalue weighted by Crippen LogP contribution is 2.25. The summed E-state index contributed by atoms with van der Waals surface area (Å²) in [5.74, 6) is 0. The van der Waals surface area contributed by atoms with Crippen molar-refractivity contribution in [2.24, 2.45) is 5.41 Å². The van der Waals surface area contributed by atoms with E-state index in [2.05, 4.69) is 38.1 Å². The van der Waals surface area contributed by atoms with Crippen molar-refractivity contribution in [2.75, 3.05) is 19.8 Å². The monoisotopic (exact) mass is 310 g/mol. The van der Waals surface area contributed by atoms with Gasteiger partial charge in [-0.15, -0.1) is 0 Å². The molecule has 0 aromatic carbocycles. The summed E-state index contributed by atoms with van der Waals surface area (Å²) in [6, 6.07) is 0. The van der Waals surface area contributed by atoms with Gasteiger partial charge in [-0.1, -0.05) is 6.92 Å². The lowest BCUT2D eigenvalue weighted by atomic mass is 9.89. The molecule has 1 aliphatic heterocycles. The summed E-state index contributed by atoms with van der Waals surface area (Å²) < 4.78 is 8.10. The van der Waals surface area contributed by atoms with E-state index in [-0.39, 0.29) is 0 Å². The molecule has 0 amide bonds. The number of aromatic nitrogens is 3. The van der Waals surface area contributed by atoms with Crippen LogP contribution >= 0.6 is 15.9 Å². The fourth-order valence-electron chi connectivity index (χ4n) is 2.09. The second-order valence-corrected chi connectivity index (χ2v) is 5.91. The normalized spacial score (nSPS) is 17.9. The third-order valence-electron chi connectivity index (χ3n) is 3.20. The molecule has 1 saturated heterocycles. The van der Waals surface area contributed by atoms with Gasteiger partial charge in [0.1, 0.15) is 4.60 Å². The van der Waals surface area contributed by atoms with Gasteiger partial charge in [-0.05, 0) is 15.9 Å². The third-order valence-corrected chi connectivity index (χ3v) is 3.61. The summed E-state index contributed by atoms with van der Waals surface area (Å²) in [5.41, 5.74) is 2.30. The SMILES string of the molecule is CC1(CNCc2cnc3cnc(Br)cn23)COC1. The number of nitrogens with zero attached hydrogens (tertiary/aromatic N) is 3. The van der Waals surface area contributed by atoms with Gasteiger partial charge in [-0.25, -0.2) is 9.97 Å². The van der Waals surface area contributed by atoms with Crippen LogP contribution in [0, 0.1) is 5.41 Å². The van der Waals surface area contributed by atoms with E-state index in [1.54, 1.807) is 6.20 Å². The van der Waals surface area contributed by atoms with Crippen molar-refractivity contribution in [1.29, 1.82) is 0 Å². The van der Waals surface area contributed by atoms with Gasteiger partial charge in [-0.3, -0.25) is 4.40 Å². The summed E-state index contributed by atoms with van der Waals surface area (Å²) in [5, 5.41) is 3.47. The third kappa shape index (κ3) is 2.28. The maximum absolute atomic E-state index is 5.24. The van der Waals surface area contributed by atoms with E-state index in [1.165, 1.54) is 0 Å². The number of fused-ring (bicyclic) bond motifs is 1. The average molecular weight is 311 g/mol. The van der Waals surface area contributed by atoms with Crippen LogP contribution in [0.25, 0.3) is 5.65 Å². The molecule has 0 unspecified atom stereocenters. The van der Waals surface area contributed by atoms with Crippen LogP contribution in [0.4, 0.5) is 0 Å². The molecule has 1 N–H and O–H groups in total. The number of ether oxygens (including phenoxy) is 1. The first-order valence-corrected chi connectivity index (χ1v) is 6.72. The van der Waals surface area contributed by atoms with Crippen LogP contribution in [0.5, 0.6) is 0 Å². The fraction of sp³-hybridized carbons (Fsp3) is 0.500. The Morgan fingerprint density at radius 1 is 1.44 bits per heavy atom. The van der Waals surface area contributed by atoms with Crippen molar-refractivity contribution in [1.82, 2.24) is 19.7 Å². The number of rotatable bonds is 4. The number of hydrogen-bond donors (Lipinski definition) is 1. The summed E-state index contributed by atoms with van der Waals surface area (Å²) in [4.78, 5) is 8.48. The van der Waals surface area contributed by atoms with Gasteiger partial charge in [0.05, 0.1) is 31.3 Å². The van der Waals surface area contributed by atoms with E-state index in [0.29, 0.717) is 5.41 Å². The Kier molecular flexibility index (Phi) is 3.09. The highest BCUT2D eigenvalue weighted by molar-refractivity contribution is 9.10. The van der Waals surface area contributed by atoms with Crippen molar-refractivity contribution in [3.8, 4) is 0 Å². The number of halogens is 1. The van der Waals surface area contributed by atoms with Gasteiger partial charge in [0, 0.05) is 24.7 Å². The van der Waals surface area contributed by atoms with Gasteiger partial charge in [0.15, 0.2) is 5.65 Å². The smallest absolute Gasteiger partial charge is 0.155 e. The van der Waals surface area contributed by atoms with Crippen molar-refractivity contribution < 1.29 is 4.74 Å². The molecule has 1 fully saturated rings. The van der Waals surface area contributed by atoms with Gasteiger partial charge in [0.2, 0.25) is 0 Å². The zero-order valence-corrected chi connectivity index (χ0v) is 11.8. The molecular formula is C12H15BrN4O. The number of nitrogens with one attached hydrogen (secondary N) is 1. The van der Waals surface area contributed by atoms with Crippen LogP contribution in [0.15, 0.2) is 23.2 Å². The van der Waals surface area contributed by atoms with E-state index in [0.717, 1.165) is 42.2 Å². The minimum absolute atomic E-state index is 0.294. The first kappa shape index (κ1) is 12.1. The molecule has 6 heteroatoms. The quantitative estimate of drug-likeness (QED) is 0.932. The molecule has 3 rings (SSSR count). The molecule has 18 heavy (non-hydrogen) atoms. The van der Waals surface area contributed by atoms with Gasteiger partial charge >= 0.3 is 0 Å². The fourth-order valence-corrected chi connectivity index (χ4v) is 2.40. The second kappa shape index (κ2) is 4.60. The molecule has 5 nitrogen and oxygen atoms in total. The zero-order valence-electron chi connectivity index (χ0n) is 10.2. The largest absolute Gasteiger partial charge is 0.380 e. The van der Waals surface area contributed by atoms with Crippen LogP contribution in [0.1, 0.15) is 12.6 Å². The van der Waals surface area contributed by atoms with E-state index in [4.69, 9.17) is 4.74 Å². The highest BCUT2D eigenvalue weighted by Gasteiger charge is 2.32. The zero-order chi connectivity index (χ0) is 12.6. The summed E-state index contributed by atoms with van der Waals surface area (Å²) in [7, 11) is 0. The van der Waals surface area contributed by atoms with Crippen LogP contribution < -0.4 is 5.32 Å². The predicted octanol–water partition coefficient (Wildman–Crippen LogP) is 1.62. The second-order valence-electron chi connectivity index (χ2n) is 5.09. The van der Waals surface area contributed by atoms with E-state index >= 15 is 0 Å². The van der Waals surface area contributed by atoms with Gasteiger partial charge < -0.3 is 10.1 Å².